The van der Waals surface area contributed by atoms with Gasteiger partial charge in [0.2, 0.25) is 0 Å². The molecule has 1 amide bonds. The van der Waals surface area contributed by atoms with Crippen LogP contribution in [0.15, 0.2) is 0 Å². The van der Waals surface area contributed by atoms with Crippen LogP contribution < -0.4 is 11.3 Å². The van der Waals surface area contributed by atoms with E-state index in [-0.39, 0.29) is 18.3 Å². The number of carbonyl (C=O) groups excluding carboxylic acids is 1. The Hall–Kier alpha value is -0.320. The number of hydrogen-bond acceptors (Lipinski definition) is 3. The fourth-order valence-electron chi connectivity index (χ4n) is 0.711. The van der Waals surface area contributed by atoms with E-state index in [2.05, 4.69) is 0 Å². The molecule has 0 aliphatic rings. The van der Waals surface area contributed by atoms with E-state index in [4.69, 9.17) is 10.6 Å². The Morgan fingerprint density at radius 1 is 1.73 bits per heavy atom. The molecule has 3 N–H and O–H groups in total. The SMILES string of the molecule is CCCC(OC)C(=O)NN.Cl. The van der Waals surface area contributed by atoms with Gasteiger partial charge < -0.3 is 4.74 Å². The molecule has 0 fully saturated rings. The van der Waals surface area contributed by atoms with Gasteiger partial charge in [-0.05, 0) is 6.42 Å². The van der Waals surface area contributed by atoms with Crippen LogP contribution >= 0.6 is 12.4 Å². The van der Waals surface area contributed by atoms with Gasteiger partial charge in [0.1, 0.15) is 6.10 Å². The number of methoxy groups -OCH3 is 1. The van der Waals surface area contributed by atoms with Gasteiger partial charge in [0.15, 0.2) is 0 Å². The molecule has 11 heavy (non-hydrogen) atoms. The summed E-state index contributed by atoms with van der Waals surface area (Å²) in [5.41, 5.74) is 2.04. The Morgan fingerprint density at radius 3 is 2.55 bits per heavy atom. The first-order valence-corrected chi connectivity index (χ1v) is 3.29. The van der Waals surface area contributed by atoms with E-state index in [1.165, 1.54) is 7.11 Å². The van der Waals surface area contributed by atoms with E-state index >= 15 is 0 Å². The molecule has 0 aliphatic carbocycles. The molecule has 0 radical (unpaired) electrons. The summed E-state index contributed by atoms with van der Waals surface area (Å²) < 4.78 is 4.85. The molecule has 1 unspecified atom stereocenters. The maximum atomic E-state index is 10.8. The number of carbonyl (C=O) groups is 1. The number of ether oxygens (including phenoxy) is 1. The van der Waals surface area contributed by atoms with Crippen molar-refractivity contribution in [3.63, 3.8) is 0 Å². The van der Waals surface area contributed by atoms with Gasteiger partial charge in [0.25, 0.3) is 5.91 Å². The number of hydrogen-bond donors (Lipinski definition) is 2. The molecule has 0 aromatic rings. The van der Waals surface area contributed by atoms with Crippen molar-refractivity contribution in [2.45, 2.75) is 25.9 Å². The summed E-state index contributed by atoms with van der Waals surface area (Å²) in [5.74, 6) is 4.64. The molecule has 0 saturated carbocycles. The van der Waals surface area contributed by atoms with Gasteiger partial charge in [0.05, 0.1) is 0 Å². The first kappa shape index (κ1) is 13.3. The molecule has 0 spiro atoms. The number of halogens is 1. The number of nitrogens with two attached hydrogens (primary N) is 1. The first-order chi connectivity index (χ1) is 4.76. The third kappa shape index (κ3) is 5.01. The van der Waals surface area contributed by atoms with Crippen molar-refractivity contribution in [1.82, 2.24) is 5.43 Å². The fraction of sp³-hybridized carbons (Fsp3) is 0.833. The lowest BCUT2D eigenvalue weighted by atomic mass is 10.2. The normalized spacial score (nSPS) is 11.5. The van der Waals surface area contributed by atoms with Crippen LogP contribution in [-0.2, 0) is 9.53 Å². The zero-order chi connectivity index (χ0) is 7.98. The monoisotopic (exact) mass is 182 g/mol. The molecular formula is C6H15ClN2O2. The van der Waals surface area contributed by atoms with Gasteiger partial charge in [-0.2, -0.15) is 0 Å². The van der Waals surface area contributed by atoms with Gasteiger partial charge in [-0.3, -0.25) is 10.2 Å². The summed E-state index contributed by atoms with van der Waals surface area (Å²) in [6.07, 6.45) is 1.22. The first-order valence-electron chi connectivity index (χ1n) is 3.29. The molecule has 1 atom stereocenters. The van der Waals surface area contributed by atoms with Crippen LogP contribution in [0.1, 0.15) is 19.8 Å². The van der Waals surface area contributed by atoms with Crippen molar-refractivity contribution >= 4 is 18.3 Å². The molecule has 4 nitrogen and oxygen atoms in total. The topological polar surface area (TPSA) is 64.3 Å². The van der Waals surface area contributed by atoms with Gasteiger partial charge in [-0.1, -0.05) is 13.3 Å². The number of nitrogens with one attached hydrogen (secondary N) is 1. The summed E-state index contributed by atoms with van der Waals surface area (Å²) >= 11 is 0. The predicted octanol–water partition coefficient (Wildman–Crippen LogP) is 0.213. The predicted molar refractivity (Wildman–Crippen MR) is 45.3 cm³/mol. The van der Waals surface area contributed by atoms with Crippen molar-refractivity contribution in [3.05, 3.63) is 0 Å². The molecule has 0 rings (SSSR count). The number of rotatable bonds is 4. The standard InChI is InChI=1S/C6H14N2O2.ClH/c1-3-4-5(10-2)6(9)8-7;/h5H,3-4,7H2,1-2H3,(H,8,9);1H. The molecule has 0 aromatic heterocycles. The van der Waals surface area contributed by atoms with Crippen LogP contribution in [0, 0.1) is 0 Å². The van der Waals surface area contributed by atoms with Crippen molar-refractivity contribution in [1.29, 1.82) is 0 Å². The summed E-state index contributed by atoms with van der Waals surface area (Å²) in [7, 11) is 1.50. The van der Waals surface area contributed by atoms with Crippen LogP contribution in [0.2, 0.25) is 0 Å². The molecule has 68 valence electrons. The third-order valence-electron chi connectivity index (χ3n) is 1.27. The quantitative estimate of drug-likeness (QED) is 0.371. The van der Waals surface area contributed by atoms with E-state index in [9.17, 15) is 4.79 Å². The maximum absolute atomic E-state index is 10.8. The van der Waals surface area contributed by atoms with Gasteiger partial charge in [-0.15, -0.1) is 12.4 Å². The average Bonchev–Trinajstić information content (AvgIpc) is 1.99. The molecule has 0 bridgehead atoms. The van der Waals surface area contributed by atoms with Gasteiger partial charge >= 0.3 is 0 Å². The van der Waals surface area contributed by atoms with Crippen molar-refractivity contribution in [2.24, 2.45) is 5.84 Å². The van der Waals surface area contributed by atoms with Crippen molar-refractivity contribution in [2.75, 3.05) is 7.11 Å². The van der Waals surface area contributed by atoms with E-state index in [1.54, 1.807) is 0 Å². The summed E-state index contributed by atoms with van der Waals surface area (Å²) in [6, 6.07) is 0. The minimum atomic E-state index is -0.394. The Labute approximate surface area is 72.9 Å². The molecule has 5 heteroatoms. The summed E-state index contributed by atoms with van der Waals surface area (Å²) in [5, 5.41) is 0. The highest BCUT2D eigenvalue weighted by Crippen LogP contribution is 1.99. The highest BCUT2D eigenvalue weighted by Gasteiger charge is 2.13. The molecule has 0 saturated heterocycles. The molecule has 0 aliphatic heterocycles. The van der Waals surface area contributed by atoms with Gasteiger partial charge in [-0.25, -0.2) is 5.84 Å². The lowest BCUT2D eigenvalue weighted by molar-refractivity contribution is -0.131. The highest BCUT2D eigenvalue weighted by molar-refractivity contribution is 5.85. The summed E-state index contributed by atoms with van der Waals surface area (Å²) in [6.45, 7) is 1.98. The van der Waals surface area contributed by atoms with Gasteiger partial charge in [0, 0.05) is 7.11 Å². The van der Waals surface area contributed by atoms with E-state index < -0.39 is 6.10 Å². The zero-order valence-corrected chi connectivity index (χ0v) is 7.61. The largest absolute Gasteiger partial charge is 0.372 e. The van der Waals surface area contributed by atoms with Crippen LogP contribution in [0.3, 0.4) is 0 Å². The second kappa shape index (κ2) is 7.78. The molecular weight excluding hydrogens is 168 g/mol. The number of amides is 1. The Bertz CT molecular complexity index is 111. The Morgan fingerprint density at radius 2 is 2.27 bits per heavy atom. The summed E-state index contributed by atoms with van der Waals surface area (Å²) in [4.78, 5) is 10.8. The van der Waals surface area contributed by atoms with Crippen LogP contribution in [-0.4, -0.2) is 19.1 Å². The van der Waals surface area contributed by atoms with Crippen molar-refractivity contribution in [3.8, 4) is 0 Å². The minimum Gasteiger partial charge on any atom is -0.372 e. The lowest BCUT2D eigenvalue weighted by Crippen LogP contribution is -2.39. The maximum Gasteiger partial charge on any atom is 0.262 e. The Kier molecular flexibility index (Phi) is 9.40. The Balaban J connectivity index is 0. The lowest BCUT2D eigenvalue weighted by Gasteiger charge is -2.10. The zero-order valence-electron chi connectivity index (χ0n) is 6.79. The second-order valence-electron chi connectivity index (χ2n) is 2.02. The average molecular weight is 183 g/mol. The third-order valence-corrected chi connectivity index (χ3v) is 1.27. The minimum absolute atomic E-state index is 0. The molecule has 0 aromatic carbocycles. The highest BCUT2D eigenvalue weighted by atomic mass is 35.5. The smallest absolute Gasteiger partial charge is 0.262 e. The molecule has 0 heterocycles. The van der Waals surface area contributed by atoms with E-state index in [0.717, 1.165) is 6.42 Å². The van der Waals surface area contributed by atoms with E-state index in [1.807, 2.05) is 12.3 Å². The second-order valence-corrected chi connectivity index (χ2v) is 2.02. The van der Waals surface area contributed by atoms with Crippen LogP contribution in [0.25, 0.3) is 0 Å². The van der Waals surface area contributed by atoms with Crippen LogP contribution in [0.4, 0.5) is 0 Å². The van der Waals surface area contributed by atoms with Crippen LogP contribution in [0.5, 0.6) is 0 Å². The van der Waals surface area contributed by atoms with Crippen molar-refractivity contribution < 1.29 is 9.53 Å². The number of hydrazine groups is 1. The van der Waals surface area contributed by atoms with E-state index in [0.29, 0.717) is 6.42 Å². The fourth-order valence-corrected chi connectivity index (χ4v) is 0.711.